The van der Waals surface area contributed by atoms with Crippen LogP contribution in [-0.2, 0) is 14.3 Å². The predicted octanol–water partition coefficient (Wildman–Crippen LogP) is 0.263. The van der Waals surface area contributed by atoms with Gasteiger partial charge < -0.3 is 21.1 Å². The molecule has 1 heterocycles. The van der Waals surface area contributed by atoms with Gasteiger partial charge in [0.05, 0.1) is 0 Å². The summed E-state index contributed by atoms with van der Waals surface area (Å²) in [5.41, 5.74) is 10.7. The van der Waals surface area contributed by atoms with E-state index >= 15 is 0 Å². The molecule has 0 aliphatic heterocycles. The normalized spacial score (nSPS) is 10.2. The Morgan fingerprint density at radius 1 is 1.12 bits per heavy atom. The maximum atomic E-state index is 13.1. The summed E-state index contributed by atoms with van der Waals surface area (Å²) in [7, 11) is 0. The molecule has 2 aromatic rings. The Morgan fingerprint density at radius 2 is 1.77 bits per heavy atom. The van der Waals surface area contributed by atoms with Crippen molar-refractivity contribution in [3.05, 3.63) is 48.2 Å². The number of anilines is 2. The van der Waals surface area contributed by atoms with Crippen LogP contribution in [0.5, 0.6) is 0 Å². The molecular weight excluding hydrogens is 345 g/mol. The SMILES string of the molecule is NC(=O)CCN(C(=O)COC(=O)c1nccnc1N)c1ccc(F)cc1. The van der Waals surface area contributed by atoms with Gasteiger partial charge in [0.2, 0.25) is 5.91 Å². The molecule has 26 heavy (non-hydrogen) atoms. The van der Waals surface area contributed by atoms with E-state index in [0.717, 1.165) is 17.0 Å². The van der Waals surface area contributed by atoms with E-state index in [9.17, 15) is 18.8 Å². The lowest BCUT2D eigenvalue weighted by Gasteiger charge is -2.22. The summed E-state index contributed by atoms with van der Waals surface area (Å²) >= 11 is 0. The van der Waals surface area contributed by atoms with Crippen LogP contribution in [0, 0.1) is 5.82 Å². The van der Waals surface area contributed by atoms with Gasteiger partial charge in [-0.15, -0.1) is 0 Å². The van der Waals surface area contributed by atoms with Crippen molar-refractivity contribution >= 4 is 29.3 Å². The first-order valence-corrected chi connectivity index (χ1v) is 7.46. The molecule has 0 saturated carbocycles. The number of nitrogens with two attached hydrogens (primary N) is 2. The lowest BCUT2D eigenvalue weighted by Crippen LogP contribution is -2.37. The number of benzene rings is 1. The molecule has 4 N–H and O–H groups in total. The van der Waals surface area contributed by atoms with E-state index in [4.69, 9.17) is 16.2 Å². The molecule has 2 rings (SSSR count). The maximum absolute atomic E-state index is 13.1. The van der Waals surface area contributed by atoms with E-state index in [-0.39, 0.29) is 24.5 Å². The summed E-state index contributed by atoms with van der Waals surface area (Å²) in [5.74, 6) is -2.78. The van der Waals surface area contributed by atoms with Crippen molar-refractivity contribution in [3.63, 3.8) is 0 Å². The standard InChI is InChI=1S/C16H16FN5O4/c17-10-1-3-11(4-2-10)22(8-5-12(18)23)13(24)9-26-16(25)14-15(19)21-7-6-20-14/h1-4,6-7H,5,8-9H2,(H2,18,23)(H2,19,21). The Hall–Kier alpha value is -3.56. The average Bonchev–Trinajstić information content (AvgIpc) is 2.61. The third-order valence-corrected chi connectivity index (χ3v) is 3.27. The van der Waals surface area contributed by atoms with Gasteiger partial charge in [-0.3, -0.25) is 9.59 Å². The van der Waals surface area contributed by atoms with E-state index < -0.39 is 30.2 Å². The number of hydrogen-bond acceptors (Lipinski definition) is 7. The zero-order chi connectivity index (χ0) is 19.1. The molecule has 0 spiro atoms. The Bertz CT molecular complexity index is 813. The molecule has 2 amide bonds. The monoisotopic (exact) mass is 361 g/mol. The van der Waals surface area contributed by atoms with E-state index in [1.807, 2.05) is 0 Å². The fraction of sp³-hybridized carbons (Fsp3) is 0.188. The zero-order valence-electron chi connectivity index (χ0n) is 13.6. The van der Waals surface area contributed by atoms with E-state index in [0.29, 0.717) is 5.69 Å². The van der Waals surface area contributed by atoms with Crippen LogP contribution in [-0.4, -0.2) is 40.9 Å². The molecule has 1 aromatic heterocycles. The van der Waals surface area contributed by atoms with Crippen molar-refractivity contribution < 1.29 is 23.5 Å². The minimum absolute atomic E-state index is 0.0510. The second-order valence-electron chi connectivity index (χ2n) is 5.10. The summed E-state index contributed by atoms with van der Waals surface area (Å²) in [4.78, 5) is 44.0. The van der Waals surface area contributed by atoms with Gasteiger partial charge in [0.1, 0.15) is 5.82 Å². The summed E-state index contributed by atoms with van der Waals surface area (Å²) in [6.07, 6.45) is 2.44. The molecule has 9 nitrogen and oxygen atoms in total. The van der Waals surface area contributed by atoms with E-state index in [2.05, 4.69) is 9.97 Å². The van der Waals surface area contributed by atoms with E-state index in [1.54, 1.807) is 0 Å². The Balaban J connectivity index is 2.08. The quantitative estimate of drug-likeness (QED) is 0.674. The van der Waals surface area contributed by atoms with E-state index in [1.165, 1.54) is 24.5 Å². The number of ether oxygens (including phenoxy) is 1. The van der Waals surface area contributed by atoms with Gasteiger partial charge in [0.15, 0.2) is 18.1 Å². The van der Waals surface area contributed by atoms with Gasteiger partial charge >= 0.3 is 5.97 Å². The molecular formula is C16H16FN5O4. The first-order chi connectivity index (χ1) is 12.4. The van der Waals surface area contributed by atoms with Crippen LogP contribution in [0.25, 0.3) is 0 Å². The predicted molar refractivity (Wildman–Crippen MR) is 89.3 cm³/mol. The number of nitrogens with zero attached hydrogens (tertiary/aromatic N) is 3. The highest BCUT2D eigenvalue weighted by atomic mass is 19.1. The van der Waals surface area contributed by atoms with Crippen LogP contribution in [0.15, 0.2) is 36.7 Å². The van der Waals surface area contributed by atoms with Crippen molar-refractivity contribution in [1.29, 1.82) is 0 Å². The van der Waals surface area contributed by atoms with Crippen molar-refractivity contribution in [3.8, 4) is 0 Å². The largest absolute Gasteiger partial charge is 0.451 e. The average molecular weight is 361 g/mol. The van der Waals surface area contributed by atoms with Crippen LogP contribution in [0.2, 0.25) is 0 Å². The lowest BCUT2D eigenvalue weighted by atomic mass is 10.2. The summed E-state index contributed by atoms with van der Waals surface area (Å²) < 4.78 is 18.0. The van der Waals surface area contributed by atoms with Crippen molar-refractivity contribution in [2.45, 2.75) is 6.42 Å². The van der Waals surface area contributed by atoms with Gasteiger partial charge in [-0.05, 0) is 24.3 Å². The van der Waals surface area contributed by atoms with Crippen LogP contribution in [0.3, 0.4) is 0 Å². The molecule has 0 radical (unpaired) electrons. The number of rotatable bonds is 7. The molecule has 0 bridgehead atoms. The topological polar surface area (TPSA) is 142 Å². The van der Waals surface area contributed by atoms with Gasteiger partial charge in [-0.1, -0.05) is 0 Å². The number of aromatic nitrogens is 2. The number of carbonyl (C=O) groups is 3. The molecule has 0 aliphatic carbocycles. The second-order valence-corrected chi connectivity index (χ2v) is 5.10. The molecule has 0 atom stereocenters. The third kappa shape index (κ3) is 4.97. The van der Waals surface area contributed by atoms with Crippen LogP contribution < -0.4 is 16.4 Å². The number of primary amides is 1. The number of esters is 1. The van der Waals surface area contributed by atoms with Gasteiger partial charge in [0, 0.05) is 31.0 Å². The van der Waals surface area contributed by atoms with Gasteiger partial charge in [0.25, 0.3) is 5.91 Å². The smallest absolute Gasteiger partial charge is 0.361 e. The highest BCUT2D eigenvalue weighted by Gasteiger charge is 2.20. The second kappa shape index (κ2) is 8.51. The molecule has 0 fully saturated rings. The summed E-state index contributed by atoms with van der Waals surface area (Å²) in [5, 5.41) is 0. The molecule has 136 valence electrons. The highest BCUT2D eigenvalue weighted by molar-refractivity contribution is 5.98. The van der Waals surface area contributed by atoms with Crippen molar-refractivity contribution in [2.75, 3.05) is 23.8 Å². The number of amides is 2. The maximum Gasteiger partial charge on any atom is 0.361 e. The minimum atomic E-state index is -0.919. The molecule has 0 aliphatic rings. The van der Waals surface area contributed by atoms with Crippen LogP contribution in [0.1, 0.15) is 16.9 Å². The lowest BCUT2D eigenvalue weighted by molar-refractivity contribution is -0.121. The van der Waals surface area contributed by atoms with Gasteiger partial charge in [-0.25, -0.2) is 19.2 Å². The number of halogens is 1. The van der Waals surface area contributed by atoms with Crippen LogP contribution >= 0.6 is 0 Å². The Kier molecular flexibility index (Phi) is 6.15. The van der Waals surface area contributed by atoms with Crippen molar-refractivity contribution in [1.82, 2.24) is 9.97 Å². The first-order valence-electron chi connectivity index (χ1n) is 7.46. The molecule has 0 saturated heterocycles. The number of hydrogen-bond donors (Lipinski definition) is 2. The summed E-state index contributed by atoms with van der Waals surface area (Å²) in [6.45, 7) is -0.685. The Labute approximate surface area is 147 Å². The summed E-state index contributed by atoms with van der Waals surface area (Å²) in [6, 6.07) is 5.03. The zero-order valence-corrected chi connectivity index (χ0v) is 13.6. The highest BCUT2D eigenvalue weighted by Crippen LogP contribution is 2.16. The number of carbonyl (C=O) groups excluding carboxylic acids is 3. The molecule has 10 heteroatoms. The molecule has 1 aromatic carbocycles. The van der Waals surface area contributed by atoms with Gasteiger partial charge in [-0.2, -0.15) is 0 Å². The number of nitrogen functional groups attached to an aromatic ring is 1. The minimum Gasteiger partial charge on any atom is -0.451 e. The Morgan fingerprint density at radius 3 is 2.38 bits per heavy atom. The molecule has 0 unspecified atom stereocenters. The third-order valence-electron chi connectivity index (χ3n) is 3.27. The fourth-order valence-corrected chi connectivity index (χ4v) is 2.02. The van der Waals surface area contributed by atoms with Crippen molar-refractivity contribution in [2.24, 2.45) is 5.73 Å². The first kappa shape index (κ1) is 18.8. The van der Waals surface area contributed by atoms with Crippen LogP contribution in [0.4, 0.5) is 15.9 Å². The fourth-order valence-electron chi connectivity index (χ4n) is 2.02.